The molecule has 3 aromatic rings. The van der Waals surface area contributed by atoms with Gasteiger partial charge in [-0.2, -0.15) is 0 Å². The molecule has 0 saturated carbocycles. The summed E-state index contributed by atoms with van der Waals surface area (Å²) in [6.07, 6.45) is 5.83. The SMILES string of the molecule is CC1CCCCN1Cc1cnc(Nc2ccc(-c3ccc(F)cc3)nn2)s1. The van der Waals surface area contributed by atoms with Gasteiger partial charge in [0.15, 0.2) is 10.9 Å². The van der Waals surface area contributed by atoms with Crippen LogP contribution in [0.5, 0.6) is 0 Å². The summed E-state index contributed by atoms with van der Waals surface area (Å²) in [4.78, 5) is 8.24. The van der Waals surface area contributed by atoms with Crippen LogP contribution in [0.4, 0.5) is 15.3 Å². The van der Waals surface area contributed by atoms with E-state index in [0.29, 0.717) is 17.6 Å². The van der Waals surface area contributed by atoms with Crippen molar-refractivity contribution in [3.63, 3.8) is 0 Å². The molecule has 27 heavy (non-hydrogen) atoms. The Kier molecular flexibility index (Phi) is 5.40. The van der Waals surface area contributed by atoms with Gasteiger partial charge in [-0.1, -0.05) is 6.42 Å². The number of anilines is 2. The molecule has 0 aliphatic carbocycles. The number of hydrogen-bond acceptors (Lipinski definition) is 6. The predicted molar refractivity (Wildman–Crippen MR) is 107 cm³/mol. The molecule has 0 spiro atoms. The molecule has 3 heterocycles. The number of piperidine rings is 1. The zero-order valence-electron chi connectivity index (χ0n) is 15.2. The van der Waals surface area contributed by atoms with Crippen molar-refractivity contribution in [1.29, 1.82) is 0 Å². The number of halogens is 1. The third kappa shape index (κ3) is 4.48. The van der Waals surface area contributed by atoms with Crippen molar-refractivity contribution in [2.75, 3.05) is 11.9 Å². The monoisotopic (exact) mass is 383 g/mol. The van der Waals surface area contributed by atoms with E-state index in [1.54, 1.807) is 23.5 Å². The summed E-state index contributed by atoms with van der Waals surface area (Å²) in [6.45, 7) is 4.42. The van der Waals surface area contributed by atoms with E-state index in [9.17, 15) is 4.39 Å². The zero-order chi connectivity index (χ0) is 18.6. The Bertz CT molecular complexity index is 878. The van der Waals surface area contributed by atoms with E-state index in [1.165, 1.54) is 36.3 Å². The summed E-state index contributed by atoms with van der Waals surface area (Å²) in [5, 5.41) is 12.5. The van der Waals surface area contributed by atoms with Crippen LogP contribution in [0, 0.1) is 5.82 Å². The molecule has 1 N–H and O–H groups in total. The van der Waals surface area contributed by atoms with Crippen molar-refractivity contribution < 1.29 is 4.39 Å². The summed E-state index contributed by atoms with van der Waals surface area (Å²) >= 11 is 1.65. The maximum Gasteiger partial charge on any atom is 0.188 e. The van der Waals surface area contributed by atoms with E-state index in [4.69, 9.17) is 0 Å². The molecule has 0 radical (unpaired) electrons. The molecule has 1 aliphatic rings. The van der Waals surface area contributed by atoms with Gasteiger partial charge in [0.1, 0.15) is 5.82 Å². The number of nitrogens with zero attached hydrogens (tertiary/aromatic N) is 4. The zero-order valence-corrected chi connectivity index (χ0v) is 16.0. The van der Waals surface area contributed by atoms with Crippen LogP contribution < -0.4 is 5.32 Å². The second-order valence-corrected chi connectivity index (χ2v) is 8.00. The van der Waals surface area contributed by atoms with Gasteiger partial charge in [-0.15, -0.1) is 21.5 Å². The number of rotatable bonds is 5. The van der Waals surface area contributed by atoms with Crippen LogP contribution in [0.15, 0.2) is 42.6 Å². The highest BCUT2D eigenvalue weighted by atomic mass is 32.1. The van der Waals surface area contributed by atoms with Crippen LogP contribution in [0.2, 0.25) is 0 Å². The van der Waals surface area contributed by atoms with Gasteiger partial charge in [-0.3, -0.25) is 4.90 Å². The number of benzene rings is 1. The third-order valence-electron chi connectivity index (χ3n) is 4.89. The summed E-state index contributed by atoms with van der Waals surface area (Å²) in [5.41, 5.74) is 1.54. The Hall–Kier alpha value is -2.38. The van der Waals surface area contributed by atoms with Crippen LogP contribution in [0.25, 0.3) is 11.3 Å². The van der Waals surface area contributed by atoms with E-state index in [0.717, 1.165) is 23.8 Å². The van der Waals surface area contributed by atoms with Crippen LogP contribution in [0.1, 0.15) is 31.1 Å². The highest BCUT2D eigenvalue weighted by Gasteiger charge is 2.19. The molecule has 5 nitrogen and oxygen atoms in total. The molecule has 1 atom stereocenters. The van der Waals surface area contributed by atoms with E-state index >= 15 is 0 Å². The van der Waals surface area contributed by atoms with Crippen LogP contribution in [0.3, 0.4) is 0 Å². The maximum absolute atomic E-state index is 13.0. The lowest BCUT2D eigenvalue weighted by Gasteiger charge is -2.32. The normalized spacial score (nSPS) is 17.8. The van der Waals surface area contributed by atoms with Gasteiger partial charge >= 0.3 is 0 Å². The minimum atomic E-state index is -0.261. The fourth-order valence-electron chi connectivity index (χ4n) is 3.31. The molecule has 1 saturated heterocycles. The van der Waals surface area contributed by atoms with Gasteiger partial charge in [0.05, 0.1) is 5.69 Å². The minimum absolute atomic E-state index is 0.261. The van der Waals surface area contributed by atoms with Crippen molar-refractivity contribution >= 4 is 22.3 Å². The molecule has 1 aliphatic heterocycles. The van der Waals surface area contributed by atoms with Crippen molar-refractivity contribution in [3.05, 3.63) is 53.3 Å². The van der Waals surface area contributed by atoms with Gasteiger partial charge in [0.2, 0.25) is 0 Å². The first-order chi connectivity index (χ1) is 13.2. The van der Waals surface area contributed by atoms with E-state index in [1.807, 2.05) is 18.3 Å². The quantitative estimate of drug-likeness (QED) is 0.682. The van der Waals surface area contributed by atoms with Gasteiger partial charge in [-0.25, -0.2) is 9.37 Å². The second kappa shape index (κ2) is 8.10. The largest absolute Gasteiger partial charge is 0.315 e. The first-order valence-electron chi connectivity index (χ1n) is 9.23. The lowest BCUT2D eigenvalue weighted by molar-refractivity contribution is 0.154. The molecule has 140 valence electrons. The summed E-state index contributed by atoms with van der Waals surface area (Å²) in [6, 6.07) is 10.6. The Morgan fingerprint density at radius 3 is 2.74 bits per heavy atom. The number of thiazole rings is 1. The van der Waals surface area contributed by atoms with Gasteiger partial charge in [-0.05, 0) is 62.7 Å². The number of likely N-dealkylation sites (tertiary alicyclic amines) is 1. The molecule has 2 aromatic heterocycles. The first-order valence-corrected chi connectivity index (χ1v) is 10.0. The Balaban J connectivity index is 1.39. The van der Waals surface area contributed by atoms with Crippen molar-refractivity contribution in [2.24, 2.45) is 0 Å². The van der Waals surface area contributed by atoms with Crippen molar-refractivity contribution in [1.82, 2.24) is 20.1 Å². The second-order valence-electron chi connectivity index (χ2n) is 6.88. The highest BCUT2D eigenvalue weighted by Crippen LogP contribution is 2.26. The van der Waals surface area contributed by atoms with E-state index < -0.39 is 0 Å². The number of aromatic nitrogens is 3. The molecule has 4 rings (SSSR count). The smallest absolute Gasteiger partial charge is 0.188 e. The molecule has 1 aromatic carbocycles. The average molecular weight is 383 g/mol. The minimum Gasteiger partial charge on any atom is -0.315 e. The lowest BCUT2D eigenvalue weighted by atomic mass is 10.0. The molecule has 0 bridgehead atoms. The summed E-state index contributed by atoms with van der Waals surface area (Å²) in [5.74, 6) is 0.386. The van der Waals surface area contributed by atoms with E-state index in [-0.39, 0.29) is 5.82 Å². The average Bonchev–Trinajstić information content (AvgIpc) is 3.12. The van der Waals surface area contributed by atoms with Crippen LogP contribution >= 0.6 is 11.3 Å². The fraction of sp³-hybridized carbons (Fsp3) is 0.350. The van der Waals surface area contributed by atoms with Gasteiger partial charge < -0.3 is 5.32 Å². The number of hydrogen-bond donors (Lipinski definition) is 1. The third-order valence-corrected chi connectivity index (χ3v) is 5.79. The molecular weight excluding hydrogens is 361 g/mol. The Labute approximate surface area is 162 Å². The van der Waals surface area contributed by atoms with E-state index in [2.05, 4.69) is 32.3 Å². The predicted octanol–water partition coefficient (Wildman–Crippen LogP) is 4.86. The molecular formula is C20H22FN5S. The topological polar surface area (TPSA) is 53.9 Å². The first kappa shape index (κ1) is 18.0. The summed E-state index contributed by atoms with van der Waals surface area (Å²) in [7, 11) is 0. The van der Waals surface area contributed by atoms with Crippen molar-refractivity contribution in [3.8, 4) is 11.3 Å². The Morgan fingerprint density at radius 1 is 1.15 bits per heavy atom. The highest BCUT2D eigenvalue weighted by molar-refractivity contribution is 7.15. The van der Waals surface area contributed by atoms with Gasteiger partial charge in [0.25, 0.3) is 0 Å². The standard InChI is InChI=1S/C20H22FN5S/c1-14-4-2-3-11-26(14)13-17-12-22-20(27-17)23-19-10-9-18(24-25-19)15-5-7-16(21)8-6-15/h5-10,12,14H,2-4,11,13H2,1H3,(H,22,23,25). The van der Waals surface area contributed by atoms with Crippen LogP contribution in [-0.2, 0) is 6.54 Å². The van der Waals surface area contributed by atoms with Gasteiger partial charge in [0, 0.05) is 29.2 Å². The molecule has 1 fully saturated rings. The maximum atomic E-state index is 13.0. The van der Waals surface area contributed by atoms with Crippen LogP contribution in [-0.4, -0.2) is 32.7 Å². The molecule has 0 amide bonds. The fourth-order valence-corrected chi connectivity index (χ4v) is 4.16. The summed E-state index contributed by atoms with van der Waals surface area (Å²) < 4.78 is 13.0. The Morgan fingerprint density at radius 2 is 2.00 bits per heavy atom. The lowest BCUT2D eigenvalue weighted by Crippen LogP contribution is -2.36. The van der Waals surface area contributed by atoms with Crippen molar-refractivity contribution in [2.45, 2.75) is 38.8 Å². The number of nitrogens with one attached hydrogen (secondary N) is 1. The molecule has 1 unspecified atom stereocenters. The molecule has 7 heteroatoms.